The Balaban J connectivity index is 2.19. The van der Waals surface area contributed by atoms with Crippen LogP contribution in [0, 0.1) is 6.92 Å². The predicted molar refractivity (Wildman–Crippen MR) is 130 cm³/mol. The first-order valence-electron chi connectivity index (χ1n) is 9.87. The van der Waals surface area contributed by atoms with Crippen molar-refractivity contribution in [1.82, 2.24) is 4.98 Å². The summed E-state index contributed by atoms with van der Waals surface area (Å²) in [6.07, 6.45) is 5.16. The third-order valence-electron chi connectivity index (χ3n) is 4.91. The number of pyridine rings is 1. The van der Waals surface area contributed by atoms with Crippen LogP contribution in [-0.4, -0.2) is 52.5 Å². The zero-order chi connectivity index (χ0) is 24.4. The molecule has 0 N–H and O–H groups in total. The van der Waals surface area contributed by atoms with E-state index in [9.17, 15) is 21.6 Å². The van der Waals surface area contributed by atoms with Crippen LogP contribution in [0.2, 0.25) is 5.02 Å². The van der Waals surface area contributed by atoms with Crippen LogP contribution in [0.5, 0.6) is 0 Å². The molecule has 10 heteroatoms. The molecule has 0 aliphatic rings. The van der Waals surface area contributed by atoms with Gasteiger partial charge >= 0.3 is 0 Å². The van der Waals surface area contributed by atoms with E-state index in [1.165, 1.54) is 23.2 Å². The van der Waals surface area contributed by atoms with Crippen molar-refractivity contribution < 1.29 is 21.6 Å². The van der Waals surface area contributed by atoms with Gasteiger partial charge in [-0.25, -0.2) is 16.8 Å². The number of nitrogens with zero attached hydrogens (tertiary/aromatic N) is 2. The maximum Gasteiger partial charge on any atom is 0.258 e. The Bertz CT molecular complexity index is 1420. The number of hydrogen-bond donors (Lipinski definition) is 0. The van der Waals surface area contributed by atoms with Crippen LogP contribution in [0.1, 0.15) is 15.9 Å². The molecule has 0 bridgehead atoms. The first-order chi connectivity index (χ1) is 15.4. The van der Waals surface area contributed by atoms with Gasteiger partial charge in [-0.15, -0.1) is 0 Å². The molecule has 0 fully saturated rings. The molecular weight excluding hydrogens is 484 g/mol. The molecule has 1 heterocycles. The molecule has 0 saturated heterocycles. The van der Waals surface area contributed by atoms with Crippen molar-refractivity contribution in [3.05, 3.63) is 77.1 Å². The van der Waals surface area contributed by atoms with Crippen molar-refractivity contribution in [2.45, 2.75) is 11.8 Å². The average molecular weight is 507 g/mol. The van der Waals surface area contributed by atoms with E-state index in [0.717, 1.165) is 12.5 Å². The third-order valence-corrected chi connectivity index (χ3v) is 7.26. The van der Waals surface area contributed by atoms with E-state index in [0.29, 0.717) is 27.4 Å². The summed E-state index contributed by atoms with van der Waals surface area (Å²) < 4.78 is 48.1. The quantitative estimate of drug-likeness (QED) is 0.483. The number of benzene rings is 2. The summed E-state index contributed by atoms with van der Waals surface area (Å²) in [6, 6.07) is 13.1. The smallest absolute Gasteiger partial charge is 0.258 e. The summed E-state index contributed by atoms with van der Waals surface area (Å²) in [4.78, 5) is 19.1. The van der Waals surface area contributed by atoms with E-state index in [1.54, 1.807) is 49.5 Å². The van der Waals surface area contributed by atoms with Gasteiger partial charge in [0.05, 0.1) is 22.5 Å². The van der Waals surface area contributed by atoms with Crippen LogP contribution in [0.3, 0.4) is 0 Å². The van der Waals surface area contributed by atoms with Crippen LogP contribution in [-0.2, 0) is 19.7 Å². The lowest BCUT2D eigenvalue weighted by Crippen LogP contribution is -2.35. The molecule has 0 unspecified atom stereocenters. The Morgan fingerprint density at radius 3 is 2.33 bits per heavy atom. The van der Waals surface area contributed by atoms with E-state index in [1.807, 2.05) is 0 Å². The second-order valence-electron chi connectivity index (χ2n) is 7.77. The first kappa shape index (κ1) is 24.9. The largest absolute Gasteiger partial charge is 0.305 e. The van der Waals surface area contributed by atoms with Gasteiger partial charge in [-0.2, -0.15) is 0 Å². The molecule has 33 heavy (non-hydrogen) atoms. The molecule has 0 aliphatic heterocycles. The highest BCUT2D eigenvalue weighted by Gasteiger charge is 2.24. The summed E-state index contributed by atoms with van der Waals surface area (Å²) in [5.41, 5.74) is 2.31. The minimum absolute atomic E-state index is 0.00595. The highest BCUT2D eigenvalue weighted by atomic mass is 35.5. The van der Waals surface area contributed by atoms with Gasteiger partial charge in [-0.05, 0) is 42.8 Å². The van der Waals surface area contributed by atoms with Gasteiger partial charge in [0.1, 0.15) is 9.84 Å². The number of rotatable bonds is 7. The number of hydrogen-bond acceptors (Lipinski definition) is 6. The lowest BCUT2D eigenvalue weighted by atomic mass is 10.0. The summed E-state index contributed by atoms with van der Waals surface area (Å²) in [5.74, 6) is -0.839. The fraction of sp³-hybridized carbons (Fsp3) is 0.217. The fourth-order valence-corrected chi connectivity index (χ4v) is 4.83. The zero-order valence-electron chi connectivity index (χ0n) is 18.3. The fourth-order valence-electron chi connectivity index (χ4n) is 3.34. The van der Waals surface area contributed by atoms with Crippen molar-refractivity contribution in [2.24, 2.45) is 0 Å². The Kier molecular flexibility index (Phi) is 7.26. The number of sulfone groups is 2. The Morgan fingerprint density at radius 2 is 1.70 bits per heavy atom. The first-order valence-corrected chi connectivity index (χ1v) is 14.2. The van der Waals surface area contributed by atoms with Crippen LogP contribution in [0.25, 0.3) is 11.1 Å². The van der Waals surface area contributed by atoms with E-state index < -0.39 is 25.6 Å². The van der Waals surface area contributed by atoms with Gasteiger partial charge in [-0.3, -0.25) is 9.78 Å². The highest BCUT2D eigenvalue weighted by molar-refractivity contribution is 7.91. The SMILES string of the molecule is Cc1cc(C(=O)N(CCS(C)(=O)=O)c2cnccc2-c2ccccc2Cl)cc(S(C)(=O)=O)c1. The minimum atomic E-state index is -3.56. The van der Waals surface area contributed by atoms with Crippen LogP contribution in [0.15, 0.2) is 65.8 Å². The van der Waals surface area contributed by atoms with Crippen LogP contribution in [0.4, 0.5) is 5.69 Å². The Labute approximate surface area is 198 Å². The van der Waals surface area contributed by atoms with Gasteiger partial charge in [0.25, 0.3) is 5.91 Å². The van der Waals surface area contributed by atoms with Crippen molar-refractivity contribution in [1.29, 1.82) is 0 Å². The van der Waals surface area contributed by atoms with Gasteiger partial charge in [0.15, 0.2) is 9.84 Å². The molecule has 2 aromatic carbocycles. The summed E-state index contributed by atoms with van der Waals surface area (Å²) >= 11 is 6.39. The number of anilines is 1. The van der Waals surface area contributed by atoms with Crippen molar-refractivity contribution in [3.8, 4) is 11.1 Å². The molecule has 3 rings (SSSR count). The van der Waals surface area contributed by atoms with Crippen LogP contribution >= 0.6 is 11.6 Å². The van der Waals surface area contributed by atoms with Gasteiger partial charge < -0.3 is 4.90 Å². The molecular formula is C23H23ClN2O5S2. The molecule has 0 aliphatic carbocycles. The molecule has 174 valence electrons. The number of carbonyl (C=O) groups excluding carboxylic acids is 1. The highest BCUT2D eigenvalue weighted by Crippen LogP contribution is 2.35. The Morgan fingerprint density at radius 1 is 1.00 bits per heavy atom. The standard InChI is InChI=1S/C23H23ClN2O5S2/c1-16-12-17(14-18(13-16)33(3,30)31)23(27)26(10-11-32(2,28)29)22-15-25-9-8-20(22)19-6-4-5-7-21(19)24/h4-9,12-15H,10-11H2,1-3H3. The summed E-state index contributed by atoms with van der Waals surface area (Å²) in [5, 5.41) is 0.454. The van der Waals surface area contributed by atoms with E-state index in [-0.39, 0.29) is 22.8 Å². The lowest BCUT2D eigenvalue weighted by molar-refractivity contribution is 0.0988. The minimum Gasteiger partial charge on any atom is -0.305 e. The lowest BCUT2D eigenvalue weighted by Gasteiger charge is -2.25. The third kappa shape index (κ3) is 6.19. The van der Waals surface area contributed by atoms with Crippen molar-refractivity contribution >= 4 is 42.9 Å². The maximum absolute atomic E-state index is 13.6. The van der Waals surface area contributed by atoms with Gasteiger partial charge in [-0.1, -0.05) is 29.8 Å². The van der Waals surface area contributed by atoms with Crippen LogP contribution < -0.4 is 4.90 Å². The van der Waals surface area contributed by atoms with E-state index >= 15 is 0 Å². The number of halogens is 1. The topological polar surface area (TPSA) is 101 Å². The number of aryl methyl sites for hydroxylation is 1. The molecule has 0 saturated carbocycles. The van der Waals surface area contributed by atoms with Gasteiger partial charge in [0.2, 0.25) is 0 Å². The van der Waals surface area contributed by atoms with Gasteiger partial charge in [0, 0.05) is 47.0 Å². The molecule has 0 spiro atoms. The number of amides is 1. The molecule has 7 nitrogen and oxygen atoms in total. The zero-order valence-corrected chi connectivity index (χ0v) is 20.7. The van der Waals surface area contributed by atoms with Crippen molar-refractivity contribution in [3.63, 3.8) is 0 Å². The predicted octanol–water partition coefficient (Wildman–Crippen LogP) is 3.81. The summed E-state index contributed by atoms with van der Waals surface area (Å²) in [7, 11) is -6.96. The maximum atomic E-state index is 13.6. The van der Waals surface area contributed by atoms with E-state index in [4.69, 9.17) is 11.6 Å². The summed E-state index contributed by atoms with van der Waals surface area (Å²) in [6.45, 7) is 1.54. The molecule has 0 atom stereocenters. The second kappa shape index (κ2) is 9.62. The normalized spacial score (nSPS) is 11.9. The molecule has 1 amide bonds. The molecule has 1 aromatic heterocycles. The molecule has 3 aromatic rings. The van der Waals surface area contributed by atoms with E-state index in [2.05, 4.69) is 4.98 Å². The second-order valence-corrected chi connectivity index (χ2v) is 12.4. The van der Waals surface area contributed by atoms with Crippen molar-refractivity contribution in [2.75, 3.05) is 29.7 Å². The Hall–Kier alpha value is -2.75. The average Bonchev–Trinajstić information content (AvgIpc) is 2.72. The number of carbonyl (C=O) groups is 1. The monoisotopic (exact) mass is 506 g/mol. The molecule has 0 radical (unpaired) electrons. The number of aromatic nitrogens is 1.